The average Bonchev–Trinajstić information content (AvgIpc) is 2.39. The predicted molar refractivity (Wildman–Crippen MR) is 44.8 cm³/mol. The van der Waals surface area contributed by atoms with Crippen LogP contribution in [-0.2, 0) is 0 Å². The van der Waals surface area contributed by atoms with Crippen LogP contribution in [0.25, 0.3) is 0 Å². The number of nitrogens with two attached hydrogens (primary N) is 1. The number of rotatable bonds is 2. The van der Waals surface area contributed by atoms with Gasteiger partial charge in [-0.3, -0.25) is 4.90 Å². The summed E-state index contributed by atoms with van der Waals surface area (Å²) in [6, 6.07) is 0. The van der Waals surface area contributed by atoms with Gasteiger partial charge in [0.1, 0.15) is 0 Å². The molecule has 1 saturated carbocycles. The average molecular weight is 156 g/mol. The van der Waals surface area contributed by atoms with Crippen LogP contribution < -0.4 is 5.73 Å². The smallest absolute Gasteiger partial charge is 0.0870 e. The van der Waals surface area contributed by atoms with Crippen LogP contribution in [0.2, 0.25) is 0 Å². The normalized spacial score (nSPS) is 37.6. The second-order valence-electron chi connectivity index (χ2n) is 3.42. The molecule has 2 N–H and O–H groups in total. The number of hydrogen-bond acceptors (Lipinski definition) is 2. The zero-order valence-electron chi connectivity index (χ0n) is 5.92. The summed E-state index contributed by atoms with van der Waals surface area (Å²) in [6.45, 7) is 3.31. The zero-order chi connectivity index (χ0) is 7.14. The van der Waals surface area contributed by atoms with Gasteiger partial charge in [-0.25, -0.2) is 0 Å². The van der Waals surface area contributed by atoms with Crippen molar-refractivity contribution < 1.29 is 0 Å². The molecule has 0 radical (unpaired) electrons. The van der Waals surface area contributed by atoms with Gasteiger partial charge < -0.3 is 5.73 Å². The first kappa shape index (κ1) is 6.55. The Kier molecular flexibility index (Phi) is 1.42. The van der Waals surface area contributed by atoms with Gasteiger partial charge in [-0.2, -0.15) is 0 Å². The highest BCUT2D eigenvalue weighted by molar-refractivity contribution is 7.80. The third kappa shape index (κ3) is 1.16. The van der Waals surface area contributed by atoms with Crippen molar-refractivity contribution in [2.24, 2.45) is 17.6 Å². The molecule has 0 amide bonds. The monoisotopic (exact) mass is 156 g/mol. The van der Waals surface area contributed by atoms with Crippen molar-refractivity contribution in [3.63, 3.8) is 0 Å². The number of hydrogen-bond donors (Lipinski definition) is 1. The van der Waals surface area contributed by atoms with Crippen molar-refractivity contribution >= 4 is 17.2 Å². The fourth-order valence-corrected chi connectivity index (χ4v) is 2.03. The number of fused-ring (bicyclic) bond motifs is 1. The molecule has 0 aromatic rings. The van der Waals surface area contributed by atoms with Gasteiger partial charge in [-0.15, -0.1) is 0 Å². The first-order valence-corrected chi connectivity index (χ1v) is 4.17. The molecule has 2 unspecified atom stereocenters. The van der Waals surface area contributed by atoms with E-state index in [1.54, 1.807) is 0 Å². The fraction of sp³-hybridized carbons (Fsp3) is 0.857. The second-order valence-corrected chi connectivity index (χ2v) is 3.94. The predicted octanol–water partition coefficient (Wildman–Crippen LogP) is 0.224. The summed E-state index contributed by atoms with van der Waals surface area (Å²) >= 11 is 4.82. The molecular weight excluding hydrogens is 144 g/mol. The third-order valence-electron chi connectivity index (χ3n) is 2.43. The van der Waals surface area contributed by atoms with Crippen molar-refractivity contribution in [1.82, 2.24) is 4.90 Å². The molecule has 0 spiro atoms. The van der Waals surface area contributed by atoms with Crippen molar-refractivity contribution in [2.75, 3.05) is 19.6 Å². The molecule has 3 heteroatoms. The van der Waals surface area contributed by atoms with Crippen molar-refractivity contribution in [3.05, 3.63) is 0 Å². The number of nitrogens with zero attached hydrogens (tertiary/aromatic N) is 1. The van der Waals surface area contributed by atoms with Gasteiger partial charge in [-0.05, 0) is 18.3 Å². The third-order valence-corrected chi connectivity index (χ3v) is 2.56. The standard InChI is InChI=1S/C7H12N2S/c8-7(10)4-9-2-5-1-6(5)3-9/h5-6H,1-4H2,(H2,8,10). The summed E-state index contributed by atoms with van der Waals surface area (Å²) in [5, 5.41) is 0. The Hall–Kier alpha value is -0.150. The number of piperidine rings is 1. The topological polar surface area (TPSA) is 29.3 Å². The van der Waals surface area contributed by atoms with Crippen LogP contribution in [0, 0.1) is 11.8 Å². The van der Waals surface area contributed by atoms with Gasteiger partial charge in [0.25, 0.3) is 0 Å². The van der Waals surface area contributed by atoms with Gasteiger partial charge in [0, 0.05) is 19.6 Å². The maximum Gasteiger partial charge on any atom is 0.0870 e. The summed E-state index contributed by atoms with van der Waals surface area (Å²) < 4.78 is 0. The highest BCUT2D eigenvalue weighted by Gasteiger charge is 2.44. The molecule has 2 rings (SSSR count). The minimum absolute atomic E-state index is 0.640. The molecule has 1 aliphatic heterocycles. The Labute approximate surface area is 66.4 Å². The Bertz CT molecular complexity index is 159. The molecule has 10 heavy (non-hydrogen) atoms. The van der Waals surface area contributed by atoms with E-state index in [2.05, 4.69) is 4.90 Å². The maximum atomic E-state index is 5.42. The Morgan fingerprint density at radius 2 is 2.10 bits per heavy atom. The largest absolute Gasteiger partial charge is 0.392 e. The lowest BCUT2D eigenvalue weighted by Crippen LogP contribution is -2.32. The number of likely N-dealkylation sites (tertiary alicyclic amines) is 1. The van der Waals surface area contributed by atoms with Gasteiger partial charge >= 0.3 is 0 Å². The molecule has 1 heterocycles. The van der Waals surface area contributed by atoms with E-state index in [4.69, 9.17) is 18.0 Å². The molecule has 0 aromatic carbocycles. The van der Waals surface area contributed by atoms with Gasteiger partial charge in [0.2, 0.25) is 0 Å². The molecule has 2 atom stereocenters. The Morgan fingerprint density at radius 1 is 1.50 bits per heavy atom. The van der Waals surface area contributed by atoms with E-state index in [-0.39, 0.29) is 0 Å². The molecular formula is C7H12N2S. The lowest BCUT2D eigenvalue weighted by atomic mass is 10.4. The van der Waals surface area contributed by atoms with Crippen LogP contribution in [0.5, 0.6) is 0 Å². The van der Waals surface area contributed by atoms with Crippen LogP contribution in [0.4, 0.5) is 0 Å². The van der Waals surface area contributed by atoms with Crippen LogP contribution >= 0.6 is 12.2 Å². The summed E-state index contributed by atoms with van der Waals surface area (Å²) in [5.74, 6) is 1.99. The summed E-state index contributed by atoms with van der Waals surface area (Å²) in [7, 11) is 0. The van der Waals surface area contributed by atoms with Crippen molar-refractivity contribution in [1.29, 1.82) is 0 Å². The number of thiocarbonyl (C=S) groups is 1. The van der Waals surface area contributed by atoms with E-state index in [1.807, 2.05) is 0 Å². The molecule has 2 aliphatic rings. The van der Waals surface area contributed by atoms with E-state index in [1.165, 1.54) is 19.5 Å². The van der Waals surface area contributed by atoms with E-state index in [9.17, 15) is 0 Å². The summed E-state index contributed by atoms with van der Waals surface area (Å²) in [5.41, 5.74) is 5.42. The lowest BCUT2D eigenvalue weighted by Gasteiger charge is -2.15. The molecule has 1 aliphatic carbocycles. The molecule has 2 nitrogen and oxygen atoms in total. The lowest BCUT2D eigenvalue weighted by molar-refractivity contribution is 0.348. The first-order valence-electron chi connectivity index (χ1n) is 3.76. The minimum atomic E-state index is 0.640. The van der Waals surface area contributed by atoms with Gasteiger partial charge in [0.15, 0.2) is 0 Å². The van der Waals surface area contributed by atoms with E-state index >= 15 is 0 Å². The molecule has 1 saturated heterocycles. The summed E-state index contributed by atoms with van der Waals surface area (Å²) in [4.78, 5) is 3.00. The molecule has 0 aromatic heterocycles. The molecule has 0 bridgehead atoms. The van der Waals surface area contributed by atoms with E-state index in [0.29, 0.717) is 4.99 Å². The van der Waals surface area contributed by atoms with Crippen LogP contribution in [0.3, 0.4) is 0 Å². The quantitative estimate of drug-likeness (QED) is 0.580. The van der Waals surface area contributed by atoms with E-state index < -0.39 is 0 Å². The second kappa shape index (κ2) is 2.17. The summed E-state index contributed by atoms with van der Waals surface area (Å²) in [6.07, 6.45) is 1.45. The zero-order valence-corrected chi connectivity index (χ0v) is 6.73. The first-order chi connectivity index (χ1) is 4.75. The van der Waals surface area contributed by atoms with Crippen LogP contribution in [-0.4, -0.2) is 29.5 Å². The van der Waals surface area contributed by atoms with Gasteiger partial charge in [-0.1, -0.05) is 12.2 Å². The van der Waals surface area contributed by atoms with Crippen molar-refractivity contribution in [3.8, 4) is 0 Å². The molecule has 2 fully saturated rings. The van der Waals surface area contributed by atoms with Crippen LogP contribution in [0.15, 0.2) is 0 Å². The Morgan fingerprint density at radius 3 is 2.60 bits per heavy atom. The SMILES string of the molecule is NC(=S)CN1CC2CC2C1. The highest BCUT2D eigenvalue weighted by Crippen LogP contribution is 2.44. The molecule has 56 valence electrons. The van der Waals surface area contributed by atoms with Crippen molar-refractivity contribution in [2.45, 2.75) is 6.42 Å². The van der Waals surface area contributed by atoms with Gasteiger partial charge in [0.05, 0.1) is 4.99 Å². The van der Waals surface area contributed by atoms with Crippen LogP contribution in [0.1, 0.15) is 6.42 Å². The van der Waals surface area contributed by atoms with E-state index in [0.717, 1.165) is 18.4 Å². The Balaban J connectivity index is 1.80. The highest BCUT2D eigenvalue weighted by atomic mass is 32.1. The maximum absolute atomic E-state index is 5.42. The minimum Gasteiger partial charge on any atom is -0.392 e. The fourth-order valence-electron chi connectivity index (χ4n) is 1.84.